The maximum atomic E-state index is 10.3. The van der Waals surface area contributed by atoms with E-state index in [0.29, 0.717) is 23.4 Å². The molecule has 3 aromatic rings. The second kappa shape index (κ2) is 3.97. The van der Waals surface area contributed by atoms with Crippen molar-refractivity contribution in [2.45, 2.75) is 18.6 Å². The number of anilines is 1. The molecule has 0 fully saturated rings. The minimum atomic E-state index is -0.548. The summed E-state index contributed by atoms with van der Waals surface area (Å²) in [6.07, 6.45) is 1.43. The first-order valence-electron chi connectivity index (χ1n) is 6.33. The SMILES string of the molecule is Nc1ncnc2c1nnn2[C@H]1c2ccccc2C[C@H]1O. The summed E-state index contributed by atoms with van der Waals surface area (Å²) in [6.45, 7) is 0. The number of aliphatic hydroxyl groups is 1. The highest BCUT2D eigenvalue weighted by atomic mass is 16.3. The summed E-state index contributed by atoms with van der Waals surface area (Å²) >= 11 is 0. The number of benzene rings is 1. The Kier molecular flexibility index (Phi) is 2.25. The summed E-state index contributed by atoms with van der Waals surface area (Å²) < 4.78 is 1.63. The summed E-state index contributed by atoms with van der Waals surface area (Å²) in [5.74, 6) is 0.294. The Morgan fingerprint density at radius 2 is 2.10 bits per heavy atom. The van der Waals surface area contributed by atoms with Gasteiger partial charge in [0.1, 0.15) is 12.4 Å². The first kappa shape index (κ1) is 11.3. The molecule has 0 saturated heterocycles. The van der Waals surface area contributed by atoms with Crippen LogP contribution in [0.25, 0.3) is 11.2 Å². The average molecular weight is 268 g/mol. The van der Waals surface area contributed by atoms with Crippen molar-refractivity contribution in [2.75, 3.05) is 5.73 Å². The third-order valence-electron chi connectivity index (χ3n) is 3.72. The lowest BCUT2D eigenvalue weighted by atomic mass is 10.1. The van der Waals surface area contributed by atoms with Crippen molar-refractivity contribution in [1.82, 2.24) is 25.0 Å². The van der Waals surface area contributed by atoms with E-state index in [-0.39, 0.29) is 6.04 Å². The third-order valence-corrected chi connectivity index (χ3v) is 3.72. The first-order valence-corrected chi connectivity index (χ1v) is 6.33. The van der Waals surface area contributed by atoms with Gasteiger partial charge in [0.05, 0.1) is 6.10 Å². The molecule has 20 heavy (non-hydrogen) atoms. The van der Waals surface area contributed by atoms with Crippen LogP contribution in [0.3, 0.4) is 0 Å². The van der Waals surface area contributed by atoms with E-state index in [4.69, 9.17) is 5.73 Å². The molecule has 1 aromatic carbocycles. The molecule has 2 aromatic heterocycles. The quantitative estimate of drug-likeness (QED) is 0.658. The van der Waals surface area contributed by atoms with Crippen molar-refractivity contribution >= 4 is 17.0 Å². The van der Waals surface area contributed by atoms with Gasteiger partial charge >= 0.3 is 0 Å². The molecule has 4 rings (SSSR count). The molecule has 0 saturated carbocycles. The van der Waals surface area contributed by atoms with E-state index < -0.39 is 6.10 Å². The monoisotopic (exact) mass is 268 g/mol. The molecule has 7 heteroatoms. The van der Waals surface area contributed by atoms with Crippen molar-refractivity contribution in [1.29, 1.82) is 0 Å². The van der Waals surface area contributed by atoms with E-state index in [2.05, 4.69) is 20.3 Å². The normalized spacial score (nSPS) is 21.2. The van der Waals surface area contributed by atoms with Crippen molar-refractivity contribution in [3.63, 3.8) is 0 Å². The zero-order chi connectivity index (χ0) is 13.7. The molecule has 3 N–H and O–H groups in total. The maximum absolute atomic E-state index is 10.3. The average Bonchev–Trinajstić information content (AvgIpc) is 2.99. The van der Waals surface area contributed by atoms with Crippen molar-refractivity contribution in [3.05, 3.63) is 41.7 Å². The Hall–Kier alpha value is -2.54. The van der Waals surface area contributed by atoms with E-state index in [1.807, 2.05) is 24.3 Å². The lowest BCUT2D eigenvalue weighted by molar-refractivity contribution is 0.139. The van der Waals surface area contributed by atoms with E-state index in [1.54, 1.807) is 4.68 Å². The highest BCUT2D eigenvalue weighted by Gasteiger charge is 2.34. The standard InChI is InChI=1S/C13H12N6O/c14-12-10-13(16-6-15-12)19(18-17-10)11-8-4-2-1-3-7(8)5-9(11)20/h1-4,6,9,11,20H,5H2,(H2,14,15,16)/t9-,11+/m1/s1. The largest absolute Gasteiger partial charge is 0.390 e. The Labute approximate surface area is 114 Å². The Bertz CT molecular complexity index is 798. The van der Waals surface area contributed by atoms with Gasteiger partial charge in [-0.05, 0) is 11.1 Å². The van der Waals surface area contributed by atoms with E-state index in [9.17, 15) is 5.11 Å². The zero-order valence-corrected chi connectivity index (χ0v) is 10.5. The van der Waals surface area contributed by atoms with Gasteiger partial charge in [0.25, 0.3) is 0 Å². The molecule has 2 atom stereocenters. The lowest BCUT2D eigenvalue weighted by Gasteiger charge is -2.16. The number of hydrogen-bond acceptors (Lipinski definition) is 6. The lowest BCUT2D eigenvalue weighted by Crippen LogP contribution is -2.22. The highest BCUT2D eigenvalue weighted by molar-refractivity contribution is 5.80. The van der Waals surface area contributed by atoms with Crippen LogP contribution in [-0.2, 0) is 6.42 Å². The molecule has 0 unspecified atom stereocenters. The molecule has 0 amide bonds. The third kappa shape index (κ3) is 1.44. The number of nitrogens with two attached hydrogens (primary N) is 1. The maximum Gasteiger partial charge on any atom is 0.184 e. The van der Waals surface area contributed by atoms with Crippen LogP contribution in [0.2, 0.25) is 0 Å². The zero-order valence-electron chi connectivity index (χ0n) is 10.5. The number of rotatable bonds is 1. The summed E-state index contributed by atoms with van der Waals surface area (Å²) in [6, 6.07) is 7.64. The molecule has 100 valence electrons. The van der Waals surface area contributed by atoms with Crippen LogP contribution in [0.5, 0.6) is 0 Å². The molecule has 2 heterocycles. The predicted octanol–water partition coefficient (Wildman–Crippen LogP) is 0.310. The highest BCUT2D eigenvalue weighted by Crippen LogP contribution is 2.35. The number of nitrogens with zero attached hydrogens (tertiary/aromatic N) is 5. The molecule has 0 radical (unpaired) electrons. The molecule has 1 aliphatic rings. The van der Waals surface area contributed by atoms with Crippen molar-refractivity contribution in [3.8, 4) is 0 Å². The fourth-order valence-corrected chi connectivity index (χ4v) is 2.82. The van der Waals surface area contributed by atoms with Crippen LogP contribution in [0, 0.1) is 0 Å². The minimum Gasteiger partial charge on any atom is -0.390 e. The van der Waals surface area contributed by atoms with Crippen molar-refractivity contribution < 1.29 is 5.11 Å². The molecule has 0 bridgehead atoms. The number of hydrogen-bond donors (Lipinski definition) is 2. The number of aliphatic hydroxyl groups excluding tert-OH is 1. The van der Waals surface area contributed by atoms with Gasteiger partial charge in [-0.2, -0.15) is 0 Å². The van der Waals surface area contributed by atoms with Gasteiger partial charge in [0.2, 0.25) is 0 Å². The van der Waals surface area contributed by atoms with Gasteiger partial charge in [0.15, 0.2) is 17.0 Å². The number of nitrogen functional groups attached to an aromatic ring is 1. The van der Waals surface area contributed by atoms with E-state index in [1.165, 1.54) is 6.33 Å². The number of aromatic nitrogens is 5. The Morgan fingerprint density at radius 3 is 3.00 bits per heavy atom. The molecule has 1 aliphatic carbocycles. The van der Waals surface area contributed by atoms with Gasteiger partial charge in [0, 0.05) is 6.42 Å². The topological polar surface area (TPSA) is 103 Å². The fraction of sp³-hybridized carbons (Fsp3) is 0.231. The van der Waals surface area contributed by atoms with Crippen LogP contribution in [0.4, 0.5) is 5.82 Å². The molecule has 0 aliphatic heterocycles. The van der Waals surface area contributed by atoms with Crippen LogP contribution < -0.4 is 5.73 Å². The van der Waals surface area contributed by atoms with Gasteiger partial charge < -0.3 is 10.8 Å². The molecule has 7 nitrogen and oxygen atoms in total. The Morgan fingerprint density at radius 1 is 1.25 bits per heavy atom. The summed E-state index contributed by atoms with van der Waals surface area (Å²) in [5.41, 5.74) is 8.94. The van der Waals surface area contributed by atoms with Crippen LogP contribution in [0.1, 0.15) is 17.2 Å². The van der Waals surface area contributed by atoms with E-state index in [0.717, 1.165) is 11.1 Å². The molecular weight excluding hydrogens is 256 g/mol. The second-order valence-corrected chi connectivity index (χ2v) is 4.88. The van der Waals surface area contributed by atoms with Crippen LogP contribution in [0.15, 0.2) is 30.6 Å². The van der Waals surface area contributed by atoms with Gasteiger partial charge in [-0.3, -0.25) is 0 Å². The molecular formula is C13H12N6O. The fourth-order valence-electron chi connectivity index (χ4n) is 2.82. The van der Waals surface area contributed by atoms with Crippen LogP contribution >= 0.6 is 0 Å². The number of fused-ring (bicyclic) bond motifs is 2. The van der Waals surface area contributed by atoms with Gasteiger partial charge in [-0.25, -0.2) is 14.6 Å². The van der Waals surface area contributed by atoms with Gasteiger partial charge in [-0.1, -0.05) is 29.5 Å². The van der Waals surface area contributed by atoms with Crippen molar-refractivity contribution in [2.24, 2.45) is 0 Å². The van der Waals surface area contributed by atoms with E-state index >= 15 is 0 Å². The predicted molar refractivity (Wildman–Crippen MR) is 71.8 cm³/mol. The molecule has 0 spiro atoms. The summed E-state index contributed by atoms with van der Waals surface area (Å²) in [4.78, 5) is 8.09. The first-order chi connectivity index (χ1) is 9.75. The summed E-state index contributed by atoms with van der Waals surface area (Å²) in [5, 5.41) is 18.5. The second-order valence-electron chi connectivity index (χ2n) is 4.88. The van der Waals surface area contributed by atoms with Crippen LogP contribution in [-0.4, -0.2) is 36.2 Å². The van der Waals surface area contributed by atoms with Gasteiger partial charge in [-0.15, -0.1) is 5.10 Å². The Balaban J connectivity index is 1.94. The summed E-state index contributed by atoms with van der Waals surface area (Å²) in [7, 11) is 0. The smallest absolute Gasteiger partial charge is 0.184 e. The minimum absolute atomic E-state index is 0.287.